The van der Waals surface area contributed by atoms with Crippen LogP contribution in [-0.4, -0.2) is 31.7 Å². The Hall–Kier alpha value is -3.59. The van der Waals surface area contributed by atoms with E-state index in [1.165, 1.54) is 29.3 Å². The van der Waals surface area contributed by atoms with Gasteiger partial charge in [-0.1, -0.05) is 18.2 Å². The third-order valence-corrected chi connectivity index (χ3v) is 6.93. The first-order chi connectivity index (χ1) is 17.4. The third-order valence-electron chi connectivity index (χ3n) is 6.93. The summed E-state index contributed by atoms with van der Waals surface area (Å²) in [6, 6.07) is 14.2. The Bertz CT molecular complexity index is 1310. The molecule has 1 atom stereocenters. The molecule has 188 valence electrons. The molecule has 36 heavy (non-hydrogen) atoms. The molecule has 0 fully saturated rings. The minimum atomic E-state index is -4.75. The summed E-state index contributed by atoms with van der Waals surface area (Å²) in [5.74, 6) is 2.53. The fourth-order valence-corrected chi connectivity index (χ4v) is 5.30. The predicted molar refractivity (Wildman–Crippen MR) is 124 cm³/mol. The van der Waals surface area contributed by atoms with Gasteiger partial charge in [-0.15, -0.1) is 13.2 Å². The molecule has 0 aliphatic carbocycles. The molecule has 0 N–H and O–H groups in total. The van der Waals surface area contributed by atoms with Crippen LogP contribution < -0.4 is 23.7 Å². The van der Waals surface area contributed by atoms with Crippen molar-refractivity contribution < 1.29 is 36.9 Å². The molecule has 3 aliphatic heterocycles. The van der Waals surface area contributed by atoms with E-state index in [2.05, 4.69) is 27.8 Å². The van der Waals surface area contributed by atoms with E-state index in [0.717, 1.165) is 42.0 Å². The Balaban J connectivity index is 1.27. The van der Waals surface area contributed by atoms with Gasteiger partial charge in [-0.3, -0.25) is 4.90 Å². The quantitative estimate of drug-likeness (QED) is 0.459. The van der Waals surface area contributed by atoms with Crippen LogP contribution in [0.5, 0.6) is 28.7 Å². The Labute approximate surface area is 206 Å². The molecule has 0 saturated heterocycles. The highest BCUT2D eigenvalue weighted by molar-refractivity contribution is 5.55. The maximum absolute atomic E-state index is 12.6. The van der Waals surface area contributed by atoms with Crippen molar-refractivity contribution >= 4 is 0 Å². The summed E-state index contributed by atoms with van der Waals surface area (Å²) >= 11 is 0. The molecule has 0 saturated carbocycles. The van der Waals surface area contributed by atoms with E-state index in [9.17, 15) is 13.2 Å². The van der Waals surface area contributed by atoms with Crippen molar-refractivity contribution in [3.63, 3.8) is 0 Å². The van der Waals surface area contributed by atoms with Crippen molar-refractivity contribution in [2.24, 2.45) is 0 Å². The first-order valence-electron chi connectivity index (χ1n) is 11.7. The molecule has 0 amide bonds. The lowest BCUT2D eigenvalue weighted by Crippen LogP contribution is -2.39. The maximum Gasteiger partial charge on any atom is 0.573 e. The summed E-state index contributed by atoms with van der Waals surface area (Å²) in [6.45, 7) is 1.90. The van der Waals surface area contributed by atoms with E-state index in [4.69, 9.17) is 18.9 Å². The molecule has 3 aliphatic rings. The van der Waals surface area contributed by atoms with Crippen LogP contribution in [-0.2, 0) is 26.0 Å². The smallest absolute Gasteiger partial charge is 0.493 e. The van der Waals surface area contributed by atoms with Gasteiger partial charge in [-0.05, 0) is 65.4 Å². The molecule has 6 rings (SSSR count). The van der Waals surface area contributed by atoms with Crippen LogP contribution in [0.2, 0.25) is 0 Å². The van der Waals surface area contributed by atoms with Crippen LogP contribution in [0.4, 0.5) is 13.2 Å². The predicted octanol–water partition coefficient (Wildman–Crippen LogP) is 5.56. The van der Waals surface area contributed by atoms with Gasteiger partial charge in [-0.2, -0.15) is 0 Å². The van der Waals surface area contributed by atoms with Crippen LogP contribution in [0.25, 0.3) is 0 Å². The van der Waals surface area contributed by atoms with Gasteiger partial charge < -0.3 is 23.7 Å². The van der Waals surface area contributed by atoms with Gasteiger partial charge in [0.25, 0.3) is 0 Å². The Morgan fingerprint density at radius 1 is 1.03 bits per heavy atom. The molecule has 3 aromatic rings. The number of benzene rings is 3. The van der Waals surface area contributed by atoms with E-state index in [0.29, 0.717) is 23.6 Å². The summed E-state index contributed by atoms with van der Waals surface area (Å²) in [7, 11) is 1.58. The van der Waals surface area contributed by atoms with E-state index in [1.807, 2.05) is 6.07 Å². The fourth-order valence-electron chi connectivity index (χ4n) is 5.30. The van der Waals surface area contributed by atoms with Crippen LogP contribution in [0, 0.1) is 0 Å². The number of alkyl halides is 3. The van der Waals surface area contributed by atoms with Gasteiger partial charge in [0.2, 0.25) is 6.79 Å². The highest BCUT2D eigenvalue weighted by atomic mass is 19.4. The molecular weight excluding hydrogens is 475 g/mol. The van der Waals surface area contributed by atoms with Crippen molar-refractivity contribution in [2.75, 3.05) is 20.4 Å². The number of hydrogen-bond acceptors (Lipinski definition) is 6. The zero-order chi connectivity index (χ0) is 24.9. The van der Waals surface area contributed by atoms with E-state index in [-0.39, 0.29) is 25.2 Å². The second-order valence-corrected chi connectivity index (χ2v) is 9.06. The highest BCUT2D eigenvalue weighted by Crippen LogP contribution is 2.46. The number of nitrogens with zero attached hydrogens (tertiary/aromatic N) is 1. The normalized spacial score (nSPS) is 18.2. The molecular formula is C27H24F3NO5. The molecule has 9 heteroatoms. The van der Waals surface area contributed by atoms with Crippen molar-refractivity contribution in [1.82, 2.24) is 4.90 Å². The van der Waals surface area contributed by atoms with E-state index >= 15 is 0 Å². The number of hydrogen-bond donors (Lipinski definition) is 0. The molecule has 3 aromatic carbocycles. The molecule has 0 radical (unpaired) electrons. The maximum atomic E-state index is 12.6. The average Bonchev–Trinajstić information content (AvgIpc) is 3.31. The molecule has 1 unspecified atom stereocenters. The highest BCUT2D eigenvalue weighted by Gasteiger charge is 2.36. The van der Waals surface area contributed by atoms with E-state index in [1.54, 1.807) is 13.2 Å². The van der Waals surface area contributed by atoms with Gasteiger partial charge in [0.05, 0.1) is 7.11 Å². The van der Waals surface area contributed by atoms with Crippen molar-refractivity contribution in [3.8, 4) is 28.7 Å². The zero-order valence-electron chi connectivity index (χ0n) is 19.6. The molecule has 6 nitrogen and oxygen atoms in total. The lowest BCUT2D eigenvalue weighted by atomic mass is 9.83. The monoisotopic (exact) mass is 499 g/mol. The first kappa shape index (κ1) is 22.8. The summed E-state index contributed by atoms with van der Waals surface area (Å²) in [6.07, 6.45) is -3.04. The topological polar surface area (TPSA) is 49.4 Å². The number of ether oxygens (including phenoxy) is 5. The molecule has 0 spiro atoms. The van der Waals surface area contributed by atoms with Gasteiger partial charge in [0.1, 0.15) is 12.4 Å². The van der Waals surface area contributed by atoms with Gasteiger partial charge >= 0.3 is 6.36 Å². The van der Waals surface area contributed by atoms with Crippen LogP contribution in [0.3, 0.4) is 0 Å². The molecule has 0 aromatic heterocycles. The lowest BCUT2D eigenvalue weighted by molar-refractivity contribution is -0.274. The van der Waals surface area contributed by atoms with Gasteiger partial charge in [0, 0.05) is 24.7 Å². The Morgan fingerprint density at radius 3 is 2.67 bits per heavy atom. The molecule has 3 heterocycles. The number of rotatable bonds is 5. The Kier molecular flexibility index (Phi) is 5.59. The first-order valence-corrected chi connectivity index (χ1v) is 11.7. The number of fused-ring (bicyclic) bond motifs is 5. The minimum Gasteiger partial charge on any atom is -0.493 e. The summed E-state index contributed by atoms with van der Waals surface area (Å²) < 4.78 is 64.8. The van der Waals surface area contributed by atoms with Crippen LogP contribution in [0.15, 0.2) is 48.5 Å². The van der Waals surface area contributed by atoms with Crippen molar-refractivity contribution in [1.29, 1.82) is 0 Å². The standard InChI is InChI=1S/C27H24F3NO5/c1-32-23-6-5-17-10-22-20-12-25-24(34-15-35-25)11-18(20)7-8-31(22)13-21(17)26(23)33-14-16-3-2-4-19(9-16)36-27(28,29)30/h2-6,9,11-12,22H,7-8,10,13-15H2,1H3. The fraction of sp³-hybridized carbons (Fsp3) is 0.333. The second-order valence-electron chi connectivity index (χ2n) is 9.06. The zero-order valence-corrected chi connectivity index (χ0v) is 19.6. The van der Waals surface area contributed by atoms with Crippen molar-refractivity contribution in [3.05, 3.63) is 76.3 Å². The van der Waals surface area contributed by atoms with Crippen LogP contribution in [0.1, 0.15) is 33.9 Å². The van der Waals surface area contributed by atoms with Gasteiger partial charge in [0.15, 0.2) is 23.0 Å². The number of halogens is 3. The summed E-state index contributed by atoms with van der Waals surface area (Å²) in [5.41, 5.74) is 5.31. The second kappa shape index (κ2) is 8.81. The summed E-state index contributed by atoms with van der Waals surface area (Å²) in [5, 5.41) is 0. The average molecular weight is 499 g/mol. The van der Waals surface area contributed by atoms with Crippen molar-refractivity contribution in [2.45, 2.75) is 38.4 Å². The van der Waals surface area contributed by atoms with E-state index < -0.39 is 6.36 Å². The van der Waals surface area contributed by atoms with Crippen LogP contribution >= 0.6 is 0 Å². The summed E-state index contributed by atoms with van der Waals surface area (Å²) in [4.78, 5) is 2.43. The lowest BCUT2D eigenvalue weighted by Gasteiger charge is -2.42. The molecule has 0 bridgehead atoms. The Morgan fingerprint density at radius 2 is 1.86 bits per heavy atom. The minimum absolute atomic E-state index is 0.0810. The number of methoxy groups -OCH3 is 1. The SMILES string of the molecule is COc1ccc2c(c1OCc1cccc(OC(F)(F)F)c1)CN1CCc3cc4c(cc3C1C2)OCO4. The van der Waals surface area contributed by atoms with Gasteiger partial charge in [-0.25, -0.2) is 0 Å². The largest absolute Gasteiger partial charge is 0.573 e. The third kappa shape index (κ3) is 4.28.